The molecule has 36 heavy (non-hydrogen) atoms. The van der Waals surface area contributed by atoms with Crippen LogP contribution in [0.2, 0.25) is 10.0 Å². The molecule has 3 fully saturated rings. The van der Waals surface area contributed by atoms with Crippen molar-refractivity contribution in [2.45, 2.75) is 50.6 Å². The van der Waals surface area contributed by atoms with Crippen LogP contribution in [0.25, 0.3) is 11.2 Å². The average Bonchev–Trinajstić information content (AvgIpc) is 3.14. The van der Waals surface area contributed by atoms with Gasteiger partial charge in [-0.25, -0.2) is 14.4 Å². The van der Waals surface area contributed by atoms with Crippen LogP contribution in [0.3, 0.4) is 0 Å². The first-order chi connectivity index (χ1) is 17.3. The summed E-state index contributed by atoms with van der Waals surface area (Å²) in [6, 6.07) is 2.96. The standard InChI is InChI=1S/C24H26Cl2FN7O2/c25-13-5-16(26)19(17(27)6-13)32-23-31-18-9-29-22(30-14-7-24(8-14)10-36-11-24)33-21(18)34(23)15-3-1-12(2-4-15)20(28)35/h5-6,9,12,14-15H,1-4,7-8,10-11H2,(H2,28,35)(H,31,32)(H,29,30,33)/t12-,15+. The van der Waals surface area contributed by atoms with E-state index in [2.05, 4.69) is 20.6 Å². The number of nitrogens with one attached hydrogen (secondary N) is 2. The third-order valence-electron chi connectivity index (χ3n) is 7.65. The second kappa shape index (κ2) is 9.00. The van der Waals surface area contributed by atoms with E-state index in [1.165, 1.54) is 12.1 Å². The highest BCUT2D eigenvalue weighted by Crippen LogP contribution is 2.47. The Morgan fingerprint density at radius 2 is 1.92 bits per heavy atom. The van der Waals surface area contributed by atoms with E-state index in [4.69, 9.17) is 38.7 Å². The van der Waals surface area contributed by atoms with E-state index < -0.39 is 5.82 Å². The highest BCUT2D eigenvalue weighted by Gasteiger charge is 2.50. The molecule has 0 bridgehead atoms. The highest BCUT2D eigenvalue weighted by atomic mass is 35.5. The number of ether oxygens (including phenoxy) is 1. The number of hydrogen-bond donors (Lipinski definition) is 3. The largest absolute Gasteiger partial charge is 0.380 e. The summed E-state index contributed by atoms with van der Waals surface area (Å²) in [7, 11) is 0. The van der Waals surface area contributed by atoms with Gasteiger partial charge in [0.25, 0.3) is 0 Å². The topological polar surface area (TPSA) is 120 Å². The molecule has 2 saturated carbocycles. The lowest BCUT2D eigenvalue weighted by atomic mass is 9.64. The third kappa shape index (κ3) is 4.25. The van der Waals surface area contributed by atoms with Gasteiger partial charge in [-0.3, -0.25) is 9.36 Å². The summed E-state index contributed by atoms with van der Waals surface area (Å²) in [6.45, 7) is 1.65. The van der Waals surface area contributed by atoms with Crippen molar-refractivity contribution in [1.82, 2.24) is 19.5 Å². The van der Waals surface area contributed by atoms with Gasteiger partial charge in [-0.05, 0) is 50.7 Å². The van der Waals surface area contributed by atoms with Crippen LogP contribution in [0.5, 0.6) is 0 Å². The minimum Gasteiger partial charge on any atom is -0.380 e. The van der Waals surface area contributed by atoms with Gasteiger partial charge in [0.2, 0.25) is 17.8 Å². The van der Waals surface area contributed by atoms with E-state index in [9.17, 15) is 9.18 Å². The Kier molecular flexibility index (Phi) is 5.93. The predicted octanol–water partition coefficient (Wildman–Crippen LogP) is 4.82. The van der Waals surface area contributed by atoms with Crippen LogP contribution in [0, 0.1) is 17.2 Å². The molecule has 1 aliphatic heterocycles. The first-order valence-electron chi connectivity index (χ1n) is 12.1. The molecule has 12 heteroatoms. The molecule has 6 rings (SSSR count). The SMILES string of the molecule is NC(=O)[C@H]1CC[C@@H](n2c(Nc3c(F)cc(Cl)cc3Cl)nc3cnc(NC4CC5(COC5)C4)nc32)CC1. The van der Waals surface area contributed by atoms with Gasteiger partial charge < -0.3 is 21.1 Å². The zero-order valence-electron chi connectivity index (χ0n) is 19.4. The van der Waals surface area contributed by atoms with Crippen molar-refractivity contribution >= 4 is 57.9 Å². The van der Waals surface area contributed by atoms with Crippen LogP contribution in [0.4, 0.5) is 22.0 Å². The van der Waals surface area contributed by atoms with Gasteiger partial charge in [0, 0.05) is 28.4 Å². The smallest absolute Gasteiger partial charge is 0.224 e. The van der Waals surface area contributed by atoms with Gasteiger partial charge in [0.15, 0.2) is 5.65 Å². The second-order valence-electron chi connectivity index (χ2n) is 10.2. The van der Waals surface area contributed by atoms with E-state index in [1.54, 1.807) is 6.20 Å². The molecule has 1 spiro atoms. The maximum Gasteiger partial charge on any atom is 0.224 e. The lowest BCUT2D eigenvalue weighted by Gasteiger charge is -2.53. The summed E-state index contributed by atoms with van der Waals surface area (Å²) in [5, 5.41) is 6.84. The molecule has 2 aromatic heterocycles. The van der Waals surface area contributed by atoms with E-state index in [1.807, 2.05) is 4.57 Å². The number of halogens is 3. The normalized spacial score (nSPS) is 23.3. The maximum absolute atomic E-state index is 14.7. The number of benzene rings is 1. The third-order valence-corrected chi connectivity index (χ3v) is 8.17. The van der Waals surface area contributed by atoms with Crippen LogP contribution in [-0.2, 0) is 9.53 Å². The summed E-state index contributed by atoms with van der Waals surface area (Å²) >= 11 is 12.2. The fraction of sp³-hybridized carbons (Fsp3) is 0.500. The summed E-state index contributed by atoms with van der Waals surface area (Å²) < 4.78 is 22.1. The van der Waals surface area contributed by atoms with Crippen molar-refractivity contribution in [3.8, 4) is 0 Å². The number of primary amides is 1. The van der Waals surface area contributed by atoms with E-state index in [0.29, 0.717) is 60.2 Å². The fourth-order valence-electron chi connectivity index (χ4n) is 5.68. The molecule has 2 aliphatic carbocycles. The van der Waals surface area contributed by atoms with Crippen molar-refractivity contribution in [2.75, 3.05) is 23.8 Å². The van der Waals surface area contributed by atoms with E-state index in [0.717, 1.165) is 26.1 Å². The van der Waals surface area contributed by atoms with Gasteiger partial charge in [0.05, 0.1) is 30.1 Å². The van der Waals surface area contributed by atoms with Crippen LogP contribution in [0.15, 0.2) is 18.3 Å². The Hall–Kier alpha value is -2.69. The van der Waals surface area contributed by atoms with E-state index in [-0.39, 0.29) is 33.6 Å². The molecular weight excluding hydrogens is 508 g/mol. The van der Waals surface area contributed by atoms with Crippen LogP contribution in [-0.4, -0.2) is 44.7 Å². The number of carbonyl (C=O) groups is 1. The van der Waals surface area contributed by atoms with Gasteiger partial charge in [-0.1, -0.05) is 23.2 Å². The number of amides is 1. The molecule has 0 radical (unpaired) electrons. The molecule has 3 aromatic rings. The Morgan fingerprint density at radius 3 is 2.56 bits per heavy atom. The van der Waals surface area contributed by atoms with Crippen molar-refractivity contribution in [1.29, 1.82) is 0 Å². The molecule has 1 saturated heterocycles. The zero-order chi connectivity index (χ0) is 25.0. The quantitative estimate of drug-likeness (QED) is 0.415. The number of nitrogens with zero attached hydrogens (tertiary/aromatic N) is 4. The lowest BCUT2D eigenvalue weighted by Crippen LogP contribution is -2.56. The van der Waals surface area contributed by atoms with Crippen LogP contribution < -0.4 is 16.4 Å². The molecule has 3 heterocycles. The van der Waals surface area contributed by atoms with Gasteiger partial charge in [-0.2, -0.15) is 4.98 Å². The Bertz CT molecular complexity index is 1310. The van der Waals surface area contributed by atoms with Crippen molar-refractivity contribution in [2.24, 2.45) is 17.1 Å². The summed E-state index contributed by atoms with van der Waals surface area (Å²) in [6.07, 6.45) is 6.49. The molecule has 1 aromatic carbocycles. The van der Waals surface area contributed by atoms with Gasteiger partial charge in [-0.15, -0.1) is 0 Å². The first-order valence-corrected chi connectivity index (χ1v) is 12.9. The van der Waals surface area contributed by atoms with Gasteiger partial charge >= 0.3 is 0 Å². The second-order valence-corrected chi connectivity index (χ2v) is 11.1. The lowest BCUT2D eigenvalue weighted by molar-refractivity contribution is -0.160. The Labute approximate surface area is 216 Å². The molecular formula is C24H26Cl2FN7O2. The monoisotopic (exact) mass is 533 g/mol. The Balaban J connectivity index is 1.33. The number of hydrogen-bond acceptors (Lipinski definition) is 7. The number of aromatic nitrogens is 4. The fourth-order valence-corrected chi connectivity index (χ4v) is 6.20. The maximum atomic E-state index is 14.7. The molecule has 0 atom stereocenters. The Morgan fingerprint density at radius 1 is 1.17 bits per heavy atom. The number of imidazole rings is 1. The van der Waals surface area contributed by atoms with Gasteiger partial charge in [0.1, 0.15) is 11.3 Å². The summed E-state index contributed by atoms with van der Waals surface area (Å²) in [5.41, 5.74) is 7.15. The van der Waals surface area contributed by atoms with Crippen molar-refractivity contribution < 1.29 is 13.9 Å². The number of anilines is 3. The molecule has 9 nitrogen and oxygen atoms in total. The van der Waals surface area contributed by atoms with Crippen LogP contribution in [0.1, 0.15) is 44.6 Å². The zero-order valence-corrected chi connectivity index (χ0v) is 20.9. The minimum atomic E-state index is -0.587. The van der Waals surface area contributed by atoms with Crippen molar-refractivity contribution in [3.63, 3.8) is 0 Å². The number of rotatable bonds is 6. The van der Waals surface area contributed by atoms with Crippen molar-refractivity contribution in [3.05, 3.63) is 34.2 Å². The number of fused-ring (bicyclic) bond motifs is 1. The summed E-state index contributed by atoms with van der Waals surface area (Å²) in [4.78, 5) is 25.7. The highest BCUT2D eigenvalue weighted by molar-refractivity contribution is 6.36. The molecule has 4 N–H and O–H groups in total. The number of nitrogens with two attached hydrogens (primary N) is 1. The average molecular weight is 534 g/mol. The van der Waals surface area contributed by atoms with E-state index >= 15 is 0 Å². The van der Waals surface area contributed by atoms with Crippen LogP contribution >= 0.6 is 23.2 Å². The summed E-state index contributed by atoms with van der Waals surface area (Å²) in [5.74, 6) is -0.0888. The molecule has 1 amide bonds. The predicted molar refractivity (Wildman–Crippen MR) is 135 cm³/mol. The minimum absolute atomic E-state index is 0.0101. The molecule has 3 aliphatic rings. The first kappa shape index (κ1) is 23.7. The molecule has 0 unspecified atom stereocenters. The molecule has 190 valence electrons. The number of carbonyl (C=O) groups excluding carboxylic acids is 1.